The molecule has 294 valence electrons. The van der Waals surface area contributed by atoms with Crippen molar-refractivity contribution in [2.45, 2.75) is 42.2 Å². The van der Waals surface area contributed by atoms with Crippen LogP contribution >= 0.6 is 23.1 Å². The first-order chi connectivity index (χ1) is 27.7. The van der Waals surface area contributed by atoms with Crippen molar-refractivity contribution in [2.75, 3.05) is 39.1 Å². The maximum atomic E-state index is 14.2. The van der Waals surface area contributed by atoms with Gasteiger partial charge in [0.05, 0.1) is 34.0 Å². The van der Waals surface area contributed by atoms with Gasteiger partial charge in [-0.25, -0.2) is 4.79 Å². The molecule has 1 aliphatic rings. The summed E-state index contributed by atoms with van der Waals surface area (Å²) in [6.07, 6.45) is 6.21. The summed E-state index contributed by atoms with van der Waals surface area (Å²) in [5.74, 6) is -0.730. The Morgan fingerprint density at radius 3 is 2.11 bits per heavy atom. The Balaban J connectivity index is 1.28. The smallest absolute Gasteiger partial charge is 0.341 e. The van der Waals surface area contributed by atoms with E-state index in [1.54, 1.807) is 60.7 Å². The lowest BCUT2D eigenvalue weighted by atomic mass is 10.1. The van der Waals surface area contributed by atoms with Crippen molar-refractivity contribution < 1.29 is 38.1 Å². The lowest BCUT2D eigenvalue weighted by Gasteiger charge is -2.18. The summed E-state index contributed by atoms with van der Waals surface area (Å²) in [6, 6.07) is 28.3. The van der Waals surface area contributed by atoms with Crippen LogP contribution in [0, 0.1) is 0 Å². The average molecular weight is 806 g/mol. The number of benzene rings is 4. The van der Waals surface area contributed by atoms with Crippen LogP contribution < -0.4 is 30.2 Å². The number of rotatable bonds is 14. The predicted molar refractivity (Wildman–Crippen MR) is 224 cm³/mol. The molecule has 1 unspecified atom stereocenters. The van der Waals surface area contributed by atoms with Crippen LogP contribution in [-0.2, 0) is 27.2 Å². The summed E-state index contributed by atoms with van der Waals surface area (Å²) in [6.45, 7) is 0. The zero-order valence-corrected chi connectivity index (χ0v) is 33.6. The van der Waals surface area contributed by atoms with Crippen molar-refractivity contribution in [1.29, 1.82) is 0 Å². The number of fused-ring (bicyclic) bond motifs is 1. The summed E-state index contributed by atoms with van der Waals surface area (Å²) in [5.41, 5.74) is 3.40. The van der Waals surface area contributed by atoms with Crippen molar-refractivity contribution >= 4 is 63.6 Å². The summed E-state index contributed by atoms with van der Waals surface area (Å²) in [5, 5.41) is 8.52. The van der Waals surface area contributed by atoms with E-state index in [1.807, 2.05) is 36.4 Å². The number of thiophene rings is 1. The minimum atomic E-state index is -0.717. The molecule has 57 heavy (non-hydrogen) atoms. The first kappa shape index (κ1) is 40.6. The standard InChI is InChI=1S/C44H43N3O8S2/c1-52-34-24-27(25-35(53-2)38(34)54-3)23-33(46-40(48)29-17-10-6-11-18-29)41(49)45-30-19-14-20-31(26-30)56-39(28-15-8-5-9-16-28)42(50)47-43-37(44(51)55-4)32-21-12-7-13-22-36(32)57-43/h5-6,8-11,14-20,23-26,39H,7,12-13,21-22H2,1-4H3,(H,45,49)(H,46,48)(H,47,50)/b33-23+. The summed E-state index contributed by atoms with van der Waals surface area (Å²) < 4.78 is 21.6. The number of thioether (sulfide) groups is 1. The predicted octanol–water partition coefficient (Wildman–Crippen LogP) is 8.71. The molecule has 0 bridgehead atoms. The molecule has 5 aromatic rings. The van der Waals surface area contributed by atoms with E-state index in [0.29, 0.717) is 49.5 Å². The van der Waals surface area contributed by atoms with Crippen LogP contribution in [0.5, 0.6) is 17.2 Å². The second-order valence-electron chi connectivity index (χ2n) is 13.0. The number of ether oxygens (including phenoxy) is 4. The average Bonchev–Trinajstić information content (AvgIpc) is 3.41. The molecule has 0 saturated heterocycles. The molecule has 0 radical (unpaired) electrons. The Morgan fingerprint density at radius 1 is 0.754 bits per heavy atom. The number of carbonyl (C=O) groups excluding carboxylic acids is 4. The number of carbonyl (C=O) groups is 4. The molecule has 1 heterocycles. The molecule has 0 aliphatic heterocycles. The van der Waals surface area contributed by atoms with E-state index in [4.69, 9.17) is 18.9 Å². The topological polar surface area (TPSA) is 141 Å². The molecule has 0 spiro atoms. The van der Waals surface area contributed by atoms with Gasteiger partial charge in [-0.1, -0.05) is 61.0 Å². The van der Waals surface area contributed by atoms with Gasteiger partial charge in [0.25, 0.3) is 11.8 Å². The molecule has 1 atom stereocenters. The monoisotopic (exact) mass is 805 g/mol. The molecular formula is C44H43N3O8S2. The van der Waals surface area contributed by atoms with Gasteiger partial charge in [0.2, 0.25) is 11.7 Å². The molecule has 1 aliphatic carbocycles. The molecule has 13 heteroatoms. The third-order valence-electron chi connectivity index (χ3n) is 9.26. The number of esters is 1. The first-order valence-electron chi connectivity index (χ1n) is 18.3. The van der Waals surface area contributed by atoms with Crippen LogP contribution in [0.15, 0.2) is 108 Å². The van der Waals surface area contributed by atoms with E-state index in [2.05, 4.69) is 16.0 Å². The molecule has 0 saturated carbocycles. The zero-order valence-electron chi connectivity index (χ0n) is 32.0. The highest BCUT2D eigenvalue weighted by Crippen LogP contribution is 2.42. The summed E-state index contributed by atoms with van der Waals surface area (Å²) in [7, 11) is 5.82. The number of methoxy groups -OCH3 is 4. The Bertz CT molecular complexity index is 2250. The second kappa shape index (κ2) is 19.2. The molecule has 11 nitrogen and oxygen atoms in total. The highest BCUT2D eigenvalue weighted by Gasteiger charge is 2.29. The molecule has 3 amide bonds. The number of amides is 3. The van der Waals surface area contributed by atoms with E-state index < -0.39 is 23.0 Å². The van der Waals surface area contributed by atoms with E-state index in [9.17, 15) is 19.2 Å². The molecular weight excluding hydrogens is 763 g/mol. The highest BCUT2D eigenvalue weighted by atomic mass is 32.2. The Morgan fingerprint density at radius 2 is 1.44 bits per heavy atom. The lowest BCUT2D eigenvalue weighted by Crippen LogP contribution is -2.30. The summed E-state index contributed by atoms with van der Waals surface area (Å²) in [4.78, 5) is 56.4. The quantitative estimate of drug-likeness (QED) is 0.0435. The fourth-order valence-corrected chi connectivity index (χ4v) is 8.87. The van der Waals surface area contributed by atoms with E-state index >= 15 is 0 Å². The molecule has 4 aromatic carbocycles. The van der Waals surface area contributed by atoms with Gasteiger partial charge in [0.15, 0.2) is 11.5 Å². The minimum absolute atomic E-state index is 0.0477. The van der Waals surface area contributed by atoms with Crippen molar-refractivity contribution in [1.82, 2.24) is 5.32 Å². The Labute approximate surface area is 339 Å². The van der Waals surface area contributed by atoms with Crippen molar-refractivity contribution in [2.24, 2.45) is 0 Å². The number of anilines is 2. The van der Waals surface area contributed by atoms with E-state index in [1.165, 1.54) is 57.6 Å². The molecule has 0 fully saturated rings. The maximum absolute atomic E-state index is 14.2. The molecule has 6 rings (SSSR count). The third-order valence-corrected chi connectivity index (χ3v) is 11.7. The maximum Gasteiger partial charge on any atom is 0.341 e. The van der Waals surface area contributed by atoms with Crippen LogP contribution in [0.25, 0.3) is 6.08 Å². The van der Waals surface area contributed by atoms with Gasteiger partial charge in [-0.05, 0) is 90.9 Å². The van der Waals surface area contributed by atoms with Crippen LogP contribution in [0.3, 0.4) is 0 Å². The lowest BCUT2D eigenvalue weighted by molar-refractivity contribution is -0.116. The normalized spacial score (nSPS) is 12.9. The number of hydrogen-bond acceptors (Lipinski definition) is 10. The van der Waals surface area contributed by atoms with Crippen LogP contribution in [-0.4, -0.2) is 52.1 Å². The first-order valence-corrected chi connectivity index (χ1v) is 20.0. The Kier molecular flexibility index (Phi) is 13.7. The molecule has 1 aromatic heterocycles. The van der Waals surface area contributed by atoms with Crippen molar-refractivity contribution in [3.05, 3.63) is 135 Å². The largest absolute Gasteiger partial charge is 0.493 e. The van der Waals surface area contributed by atoms with Crippen LogP contribution in [0.1, 0.15) is 66.8 Å². The van der Waals surface area contributed by atoms with Crippen LogP contribution in [0.2, 0.25) is 0 Å². The fourth-order valence-electron chi connectivity index (χ4n) is 6.50. The van der Waals surface area contributed by atoms with Gasteiger partial charge in [-0.15, -0.1) is 23.1 Å². The summed E-state index contributed by atoms with van der Waals surface area (Å²) >= 11 is 2.74. The molecule has 3 N–H and O–H groups in total. The minimum Gasteiger partial charge on any atom is -0.493 e. The van der Waals surface area contributed by atoms with Gasteiger partial charge in [0.1, 0.15) is 15.9 Å². The Hall–Kier alpha value is -6.05. The van der Waals surface area contributed by atoms with Gasteiger partial charge in [0, 0.05) is 21.0 Å². The van der Waals surface area contributed by atoms with Crippen molar-refractivity contribution in [3.63, 3.8) is 0 Å². The fraction of sp³-hybridized carbons (Fsp3) is 0.227. The number of nitrogens with one attached hydrogen (secondary N) is 3. The highest BCUT2D eigenvalue weighted by molar-refractivity contribution is 8.00. The van der Waals surface area contributed by atoms with Gasteiger partial charge in [-0.3, -0.25) is 14.4 Å². The van der Waals surface area contributed by atoms with Crippen molar-refractivity contribution in [3.8, 4) is 17.2 Å². The van der Waals surface area contributed by atoms with E-state index in [0.717, 1.165) is 48.1 Å². The SMILES string of the molecule is COC(=O)c1c(NC(=O)C(Sc2cccc(NC(=O)/C(=C\c3cc(OC)c(OC)c(OC)c3)NC(=O)c3ccccc3)c2)c2ccccc2)sc2c1CCCCC2. The second-order valence-corrected chi connectivity index (χ2v) is 15.3. The van der Waals surface area contributed by atoms with E-state index in [-0.39, 0.29) is 11.6 Å². The van der Waals surface area contributed by atoms with Crippen LogP contribution in [0.4, 0.5) is 10.7 Å². The van der Waals surface area contributed by atoms with Gasteiger partial charge >= 0.3 is 5.97 Å². The number of aryl methyl sites for hydroxylation is 1. The zero-order chi connectivity index (χ0) is 40.3. The van der Waals surface area contributed by atoms with Gasteiger partial charge in [-0.2, -0.15) is 0 Å². The number of hydrogen-bond donors (Lipinski definition) is 3. The van der Waals surface area contributed by atoms with Gasteiger partial charge < -0.3 is 34.9 Å². The third kappa shape index (κ3) is 9.86.